The molecule has 0 aromatic heterocycles. The summed E-state index contributed by atoms with van der Waals surface area (Å²) < 4.78 is 0. The van der Waals surface area contributed by atoms with Gasteiger partial charge in [-0.2, -0.15) is 0 Å². The van der Waals surface area contributed by atoms with Gasteiger partial charge in [0.1, 0.15) is 0 Å². The molecular formula is C8H14O3. The van der Waals surface area contributed by atoms with E-state index in [2.05, 4.69) is 0 Å². The van der Waals surface area contributed by atoms with Gasteiger partial charge >= 0.3 is 5.97 Å². The molecule has 1 fully saturated rings. The van der Waals surface area contributed by atoms with Crippen molar-refractivity contribution in [3.63, 3.8) is 0 Å². The van der Waals surface area contributed by atoms with Crippen molar-refractivity contribution in [3.05, 3.63) is 0 Å². The number of carboxylic acids is 1. The summed E-state index contributed by atoms with van der Waals surface area (Å²) in [6.07, 6.45) is 0.624. The standard InChI is InChI=1S/C8H14O3/c1-8(2)5(4-9)3-6(8)7(10)11/h5-6,9H,3-4H2,1-2H3,(H,10,11)/t5-,6+/m1/s1. The van der Waals surface area contributed by atoms with Gasteiger partial charge in [-0.25, -0.2) is 0 Å². The van der Waals surface area contributed by atoms with Gasteiger partial charge < -0.3 is 10.2 Å². The topological polar surface area (TPSA) is 57.5 Å². The highest BCUT2D eigenvalue weighted by molar-refractivity contribution is 5.72. The average molecular weight is 158 g/mol. The van der Waals surface area contributed by atoms with Crippen LogP contribution >= 0.6 is 0 Å². The molecular weight excluding hydrogens is 144 g/mol. The van der Waals surface area contributed by atoms with Gasteiger partial charge in [0.25, 0.3) is 0 Å². The first-order valence-corrected chi connectivity index (χ1v) is 3.83. The Morgan fingerprint density at radius 2 is 2.18 bits per heavy atom. The second kappa shape index (κ2) is 2.48. The zero-order valence-electron chi connectivity index (χ0n) is 6.87. The van der Waals surface area contributed by atoms with Crippen LogP contribution in [0.3, 0.4) is 0 Å². The number of rotatable bonds is 2. The summed E-state index contributed by atoms with van der Waals surface area (Å²) in [5.41, 5.74) is -0.222. The molecule has 1 saturated carbocycles. The van der Waals surface area contributed by atoms with Gasteiger partial charge in [-0.1, -0.05) is 13.8 Å². The molecule has 0 aliphatic heterocycles. The van der Waals surface area contributed by atoms with Crippen molar-refractivity contribution in [2.45, 2.75) is 20.3 Å². The molecule has 0 unspecified atom stereocenters. The van der Waals surface area contributed by atoms with Crippen molar-refractivity contribution < 1.29 is 15.0 Å². The lowest BCUT2D eigenvalue weighted by molar-refractivity contribution is -0.161. The fourth-order valence-corrected chi connectivity index (χ4v) is 1.74. The van der Waals surface area contributed by atoms with Crippen LogP contribution in [-0.4, -0.2) is 22.8 Å². The Kier molecular flexibility index (Phi) is 1.92. The number of carboxylic acid groups (broad SMARTS) is 1. The van der Waals surface area contributed by atoms with E-state index in [1.807, 2.05) is 13.8 Å². The third-order valence-corrected chi connectivity index (χ3v) is 2.99. The molecule has 64 valence electrons. The van der Waals surface area contributed by atoms with E-state index >= 15 is 0 Å². The number of aliphatic hydroxyl groups is 1. The normalized spacial score (nSPS) is 34.5. The highest BCUT2D eigenvalue weighted by atomic mass is 16.4. The second-order valence-corrected chi connectivity index (χ2v) is 3.83. The monoisotopic (exact) mass is 158 g/mol. The van der Waals surface area contributed by atoms with E-state index in [9.17, 15) is 4.79 Å². The maximum absolute atomic E-state index is 10.6. The summed E-state index contributed by atoms with van der Waals surface area (Å²) in [5, 5.41) is 17.5. The van der Waals surface area contributed by atoms with Crippen LogP contribution < -0.4 is 0 Å². The van der Waals surface area contributed by atoms with Crippen LogP contribution in [0.5, 0.6) is 0 Å². The zero-order chi connectivity index (χ0) is 8.65. The fraction of sp³-hybridized carbons (Fsp3) is 0.875. The minimum atomic E-state index is -0.736. The van der Waals surface area contributed by atoms with Crippen molar-refractivity contribution in [2.75, 3.05) is 6.61 Å². The van der Waals surface area contributed by atoms with Gasteiger partial charge in [0.2, 0.25) is 0 Å². The summed E-state index contributed by atoms with van der Waals surface area (Å²) in [5.74, 6) is -0.831. The molecule has 0 saturated heterocycles. The Morgan fingerprint density at radius 3 is 2.45 bits per heavy atom. The summed E-state index contributed by atoms with van der Waals surface area (Å²) in [7, 11) is 0. The number of aliphatic hydroxyl groups excluding tert-OH is 1. The molecule has 0 spiro atoms. The van der Waals surface area contributed by atoms with Crippen molar-refractivity contribution in [3.8, 4) is 0 Å². The summed E-state index contributed by atoms with van der Waals surface area (Å²) in [6, 6.07) is 0. The molecule has 1 rings (SSSR count). The molecule has 0 radical (unpaired) electrons. The molecule has 0 bridgehead atoms. The first-order valence-electron chi connectivity index (χ1n) is 3.83. The van der Waals surface area contributed by atoms with Gasteiger partial charge in [0, 0.05) is 6.61 Å². The molecule has 1 aliphatic carbocycles. The molecule has 3 heteroatoms. The molecule has 0 aromatic carbocycles. The Balaban J connectivity index is 2.61. The Morgan fingerprint density at radius 1 is 1.64 bits per heavy atom. The molecule has 2 N–H and O–H groups in total. The van der Waals surface area contributed by atoms with Crippen molar-refractivity contribution in [2.24, 2.45) is 17.3 Å². The van der Waals surface area contributed by atoms with Gasteiger partial charge in [0.05, 0.1) is 5.92 Å². The van der Waals surface area contributed by atoms with E-state index < -0.39 is 5.97 Å². The third kappa shape index (κ3) is 1.13. The van der Waals surface area contributed by atoms with E-state index in [-0.39, 0.29) is 23.9 Å². The summed E-state index contributed by atoms with van der Waals surface area (Å²) in [6.45, 7) is 3.91. The van der Waals surface area contributed by atoms with E-state index in [0.29, 0.717) is 6.42 Å². The lowest BCUT2D eigenvalue weighted by Gasteiger charge is -2.49. The number of aliphatic carboxylic acids is 1. The molecule has 1 aliphatic rings. The van der Waals surface area contributed by atoms with Gasteiger partial charge in [-0.05, 0) is 17.8 Å². The molecule has 0 aromatic rings. The first kappa shape index (κ1) is 8.53. The van der Waals surface area contributed by atoms with Crippen LogP contribution in [0.1, 0.15) is 20.3 Å². The maximum atomic E-state index is 10.6. The SMILES string of the molecule is CC1(C)[C@@H](CO)C[C@H]1C(=O)O. The molecule has 0 heterocycles. The predicted octanol–water partition coefficient (Wildman–Crippen LogP) is 0.726. The average Bonchev–Trinajstić information content (AvgIpc) is 1.85. The summed E-state index contributed by atoms with van der Waals surface area (Å²) >= 11 is 0. The largest absolute Gasteiger partial charge is 0.481 e. The smallest absolute Gasteiger partial charge is 0.307 e. The fourth-order valence-electron chi connectivity index (χ4n) is 1.74. The van der Waals surface area contributed by atoms with Crippen LogP contribution in [0.25, 0.3) is 0 Å². The van der Waals surface area contributed by atoms with E-state index in [1.54, 1.807) is 0 Å². The molecule has 3 nitrogen and oxygen atoms in total. The van der Waals surface area contributed by atoms with Crippen LogP contribution in [-0.2, 0) is 4.79 Å². The van der Waals surface area contributed by atoms with Crippen LogP contribution in [0.4, 0.5) is 0 Å². The highest BCUT2D eigenvalue weighted by Gasteiger charge is 2.51. The van der Waals surface area contributed by atoms with Gasteiger partial charge in [-0.3, -0.25) is 4.79 Å². The second-order valence-electron chi connectivity index (χ2n) is 3.83. The predicted molar refractivity (Wildman–Crippen MR) is 40.1 cm³/mol. The highest BCUT2D eigenvalue weighted by Crippen LogP contribution is 2.50. The number of carbonyl (C=O) groups is 1. The Bertz CT molecular complexity index is 174. The lowest BCUT2D eigenvalue weighted by atomic mass is 9.55. The maximum Gasteiger partial charge on any atom is 0.307 e. The first-order chi connectivity index (χ1) is 5.00. The number of hydrogen-bond acceptors (Lipinski definition) is 2. The number of hydrogen-bond donors (Lipinski definition) is 2. The van der Waals surface area contributed by atoms with Crippen molar-refractivity contribution >= 4 is 5.97 Å². The minimum Gasteiger partial charge on any atom is -0.481 e. The van der Waals surface area contributed by atoms with Crippen LogP contribution in [0, 0.1) is 17.3 Å². The lowest BCUT2D eigenvalue weighted by Crippen LogP contribution is -2.50. The molecule has 0 amide bonds. The minimum absolute atomic E-state index is 0.108. The Labute approximate surface area is 66.0 Å². The van der Waals surface area contributed by atoms with Crippen LogP contribution in [0.2, 0.25) is 0 Å². The van der Waals surface area contributed by atoms with E-state index in [1.165, 1.54) is 0 Å². The van der Waals surface area contributed by atoms with Gasteiger partial charge in [0.15, 0.2) is 0 Å². The van der Waals surface area contributed by atoms with E-state index in [0.717, 1.165) is 0 Å². The third-order valence-electron chi connectivity index (χ3n) is 2.99. The molecule has 11 heavy (non-hydrogen) atoms. The summed E-state index contributed by atoms with van der Waals surface area (Å²) in [4.78, 5) is 10.6. The van der Waals surface area contributed by atoms with Crippen molar-refractivity contribution in [1.82, 2.24) is 0 Å². The van der Waals surface area contributed by atoms with Crippen molar-refractivity contribution in [1.29, 1.82) is 0 Å². The van der Waals surface area contributed by atoms with Gasteiger partial charge in [-0.15, -0.1) is 0 Å². The van der Waals surface area contributed by atoms with Crippen LogP contribution in [0.15, 0.2) is 0 Å². The van der Waals surface area contributed by atoms with E-state index in [4.69, 9.17) is 10.2 Å². The molecule has 2 atom stereocenters. The Hall–Kier alpha value is -0.570. The quantitative estimate of drug-likeness (QED) is 0.622. The zero-order valence-corrected chi connectivity index (χ0v) is 6.87.